The number of rotatable bonds is 2. The van der Waals surface area contributed by atoms with Crippen LogP contribution in [0.15, 0.2) is 59.5 Å². The first-order valence-corrected chi connectivity index (χ1v) is 9.54. The summed E-state index contributed by atoms with van der Waals surface area (Å²) in [4.78, 5) is 15.3. The molecular formula is C22H23N3O2. The molecule has 3 heterocycles. The zero-order valence-electron chi connectivity index (χ0n) is 15.2. The second kappa shape index (κ2) is 6.13. The molecule has 5 nitrogen and oxygen atoms in total. The minimum atomic E-state index is -0.0718. The number of fused-ring (bicyclic) bond motifs is 1. The Bertz CT molecular complexity index is 1050. The highest BCUT2D eigenvalue weighted by Gasteiger charge is 2.40. The van der Waals surface area contributed by atoms with Gasteiger partial charge >= 0.3 is 0 Å². The molecule has 2 aliphatic heterocycles. The number of nitrogens with zero attached hydrogens (tertiary/aromatic N) is 2. The molecule has 3 aromatic rings. The second-order valence-corrected chi connectivity index (χ2v) is 7.88. The lowest BCUT2D eigenvalue weighted by Gasteiger charge is -2.24. The first-order chi connectivity index (χ1) is 13.1. The third-order valence-corrected chi connectivity index (χ3v) is 6.15. The van der Waals surface area contributed by atoms with Crippen LogP contribution >= 0.6 is 0 Å². The van der Waals surface area contributed by atoms with Gasteiger partial charge in [-0.3, -0.25) is 9.36 Å². The third-order valence-electron chi connectivity index (χ3n) is 6.15. The highest BCUT2D eigenvalue weighted by atomic mass is 16.3. The number of anilines is 1. The monoisotopic (exact) mass is 361 g/mol. The Morgan fingerprint density at radius 2 is 1.81 bits per heavy atom. The first kappa shape index (κ1) is 16.4. The van der Waals surface area contributed by atoms with Crippen molar-refractivity contribution in [2.75, 3.05) is 31.1 Å². The molecular weight excluding hydrogens is 338 g/mol. The fraction of sp³-hybridized carbons (Fsp3) is 0.318. The summed E-state index contributed by atoms with van der Waals surface area (Å²) in [5, 5.41) is 14.5. The van der Waals surface area contributed by atoms with Crippen molar-refractivity contribution >= 4 is 16.5 Å². The molecule has 1 atom stereocenters. The molecule has 2 aromatic carbocycles. The summed E-state index contributed by atoms with van der Waals surface area (Å²) in [6.07, 6.45) is 4.29. The van der Waals surface area contributed by atoms with Gasteiger partial charge in [0.25, 0.3) is 5.56 Å². The van der Waals surface area contributed by atoms with Crippen LogP contribution < -0.4 is 15.8 Å². The van der Waals surface area contributed by atoms with Gasteiger partial charge in [-0.15, -0.1) is 0 Å². The Hall–Kier alpha value is -2.79. The van der Waals surface area contributed by atoms with Crippen molar-refractivity contribution in [3.8, 4) is 11.4 Å². The zero-order chi connectivity index (χ0) is 18.4. The summed E-state index contributed by atoms with van der Waals surface area (Å²) in [5.74, 6) is 0.171. The van der Waals surface area contributed by atoms with Gasteiger partial charge in [0.1, 0.15) is 5.75 Å². The van der Waals surface area contributed by atoms with Gasteiger partial charge in [-0.25, -0.2) is 0 Å². The molecule has 0 saturated carbocycles. The Morgan fingerprint density at radius 3 is 2.59 bits per heavy atom. The number of aromatic nitrogens is 1. The molecule has 2 saturated heterocycles. The molecule has 2 fully saturated rings. The van der Waals surface area contributed by atoms with Crippen LogP contribution in [0.5, 0.6) is 5.75 Å². The normalized spacial score (nSPS) is 22.1. The Labute approximate surface area is 157 Å². The molecule has 5 heteroatoms. The van der Waals surface area contributed by atoms with E-state index in [1.54, 1.807) is 29.0 Å². The van der Waals surface area contributed by atoms with Gasteiger partial charge in [0.15, 0.2) is 0 Å². The van der Waals surface area contributed by atoms with E-state index in [4.69, 9.17) is 0 Å². The molecule has 0 aliphatic carbocycles. The summed E-state index contributed by atoms with van der Waals surface area (Å²) < 4.78 is 1.66. The summed E-state index contributed by atoms with van der Waals surface area (Å²) in [6.45, 7) is 4.47. The number of nitrogens with one attached hydrogen (secondary N) is 1. The minimum Gasteiger partial charge on any atom is -0.508 e. The average Bonchev–Trinajstić information content (AvgIpc) is 3.32. The number of benzene rings is 2. The number of phenols is 1. The third kappa shape index (κ3) is 2.79. The molecule has 0 bridgehead atoms. The van der Waals surface area contributed by atoms with E-state index < -0.39 is 0 Å². The fourth-order valence-corrected chi connectivity index (χ4v) is 4.56. The Kier molecular flexibility index (Phi) is 3.72. The quantitative estimate of drug-likeness (QED) is 0.737. The summed E-state index contributed by atoms with van der Waals surface area (Å²) in [7, 11) is 0. The summed E-state index contributed by atoms with van der Waals surface area (Å²) in [6, 6.07) is 15.0. The maximum Gasteiger partial charge on any atom is 0.262 e. The first-order valence-electron chi connectivity index (χ1n) is 9.54. The number of hydrogen-bond donors (Lipinski definition) is 2. The summed E-state index contributed by atoms with van der Waals surface area (Å²) in [5.41, 5.74) is 2.45. The molecule has 27 heavy (non-hydrogen) atoms. The Balaban J connectivity index is 1.44. The Morgan fingerprint density at radius 1 is 1.00 bits per heavy atom. The highest BCUT2D eigenvalue weighted by Crippen LogP contribution is 2.38. The largest absolute Gasteiger partial charge is 0.508 e. The number of hydrogen-bond acceptors (Lipinski definition) is 4. The number of pyridine rings is 1. The van der Waals surface area contributed by atoms with Gasteiger partial charge in [-0.05, 0) is 73.3 Å². The molecule has 1 aromatic heterocycles. The molecule has 1 unspecified atom stereocenters. The number of aromatic hydroxyl groups is 1. The zero-order valence-corrected chi connectivity index (χ0v) is 15.2. The lowest BCUT2D eigenvalue weighted by molar-refractivity contribution is 0.369. The summed E-state index contributed by atoms with van der Waals surface area (Å²) >= 11 is 0. The van der Waals surface area contributed by atoms with Gasteiger partial charge in [0.2, 0.25) is 0 Å². The fourth-order valence-electron chi connectivity index (χ4n) is 4.56. The van der Waals surface area contributed by atoms with Gasteiger partial charge < -0.3 is 15.3 Å². The van der Waals surface area contributed by atoms with E-state index in [0.717, 1.165) is 37.3 Å². The minimum absolute atomic E-state index is 0.0718. The van der Waals surface area contributed by atoms with Crippen LogP contribution in [0.3, 0.4) is 0 Å². The molecule has 2 N–H and O–H groups in total. The maximum absolute atomic E-state index is 12.8. The lowest BCUT2D eigenvalue weighted by Crippen LogP contribution is -2.29. The van der Waals surface area contributed by atoms with Crippen LogP contribution in [0, 0.1) is 5.41 Å². The van der Waals surface area contributed by atoms with E-state index in [-0.39, 0.29) is 11.3 Å². The van der Waals surface area contributed by atoms with Crippen LogP contribution in [0.25, 0.3) is 16.5 Å². The average molecular weight is 361 g/mol. The van der Waals surface area contributed by atoms with Crippen molar-refractivity contribution in [2.45, 2.75) is 12.8 Å². The van der Waals surface area contributed by atoms with Crippen molar-refractivity contribution in [2.24, 2.45) is 5.41 Å². The van der Waals surface area contributed by atoms with Crippen LogP contribution in [-0.2, 0) is 0 Å². The van der Waals surface area contributed by atoms with E-state index in [9.17, 15) is 9.90 Å². The topological polar surface area (TPSA) is 57.5 Å². The predicted octanol–water partition coefficient (Wildman–Crippen LogP) is 2.89. The lowest BCUT2D eigenvalue weighted by atomic mass is 9.86. The van der Waals surface area contributed by atoms with Crippen LogP contribution in [0.1, 0.15) is 12.8 Å². The van der Waals surface area contributed by atoms with Crippen molar-refractivity contribution in [3.05, 3.63) is 65.1 Å². The van der Waals surface area contributed by atoms with Crippen molar-refractivity contribution < 1.29 is 5.11 Å². The molecule has 2 aliphatic rings. The van der Waals surface area contributed by atoms with Gasteiger partial charge in [-0.2, -0.15) is 0 Å². The maximum atomic E-state index is 12.8. The number of phenolic OH excluding ortho intramolecular Hbond substituents is 1. The highest BCUT2D eigenvalue weighted by molar-refractivity contribution is 5.83. The van der Waals surface area contributed by atoms with Gasteiger partial charge in [0.05, 0.1) is 0 Å². The smallest absolute Gasteiger partial charge is 0.262 e. The van der Waals surface area contributed by atoms with Gasteiger partial charge in [0, 0.05) is 48.0 Å². The van der Waals surface area contributed by atoms with Crippen molar-refractivity contribution in [1.29, 1.82) is 0 Å². The second-order valence-electron chi connectivity index (χ2n) is 7.88. The van der Waals surface area contributed by atoms with Crippen LogP contribution in [-0.4, -0.2) is 35.9 Å². The van der Waals surface area contributed by atoms with E-state index in [0.29, 0.717) is 10.8 Å². The SMILES string of the molecule is O=c1c2ccc(O)cc2ccn1-c1ccc(N2CCC3(CCNC3)C2)cc1. The van der Waals surface area contributed by atoms with Crippen molar-refractivity contribution in [3.63, 3.8) is 0 Å². The molecule has 0 radical (unpaired) electrons. The van der Waals surface area contributed by atoms with E-state index >= 15 is 0 Å². The van der Waals surface area contributed by atoms with E-state index in [1.165, 1.54) is 18.5 Å². The predicted molar refractivity (Wildman–Crippen MR) is 108 cm³/mol. The standard InChI is InChI=1S/C22H23N3O2/c26-19-5-6-20-16(13-19)7-11-25(21(20)27)18-3-1-17(2-4-18)24-12-9-22(15-24)8-10-23-14-22/h1-7,11,13,23,26H,8-10,12,14-15H2. The van der Waals surface area contributed by atoms with E-state index in [1.807, 2.05) is 18.2 Å². The van der Waals surface area contributed by atoms with Crippen LogP contribution in [0.4, 0.5) is 5.69 Å². The molecule has 5 rings (SSSR count). The van der Waals surface area contributed by atoms with Crippen LogP contribution in [0.2, 0.25) is 0 Å². The molecule has 138 valence electrons. The molecule has 1 spiro atoms. The van der Waals surface area contributed by atoms with E-state index in [2.05, 4.69) is 22.3 Å². The van der Waals surface area contributed by atoms with Crippen molar-refractivity contribution in [1.82, 2.24) is 9.88 Å². The molecule has 0 amide bonds. The van der Waals surface area contributed by atoms with Gasteiger partial charge in [-0.1, -0.05) is 0 Å².